The lowest BCUT2D eigenvalue weighted by Gasteiger charge is -2.29. The van der Waals surface area contributed by atoms with E-state index in [2.05, 4.69) is 50.2 Å². The van der Waals surface area contributed by atoms with Crippen molar-refractivity contribution in [3.05, 3.63) is 58.7 Å². The fraction of sp³-hybridized carbons (Fsp3) is 0.600. The van der Waals surface area contributed by atoms with Gasteiger partial charge in [-0.2, -0.15) is 0 Å². The van der Waals surface area contributed by atoms with E-state index in [4.69, 9.17) is 26.6 Å². The zero-order valence-electron chi connectivity index (χ0n) is 25.8. The Kier molecular flexibility index (Phi) is 16.7. The molecule has 0 saturated carbocycles. The predicted molar refractivity (Wildman–Crippen MR) is 172 cm³/mol. The quantitative estimate of drug-likeness (QED) is 0.101. The van der Waals surface area contributed by atoms with Gasteiger partial charge in [0.05, 0.1) is 0 Å². The van der Waals surface area contributed by atoms with E-state index in [1.165, 1.54) is 32.0 Å². The minimum absolute atomic E-state index is 0.591. The van der Waals surface area contributed by atoms with Crippen molar-refractivity contribution in [1.82, 2.24) is 0 Å². The molecule has 40 heavy (non-hydrogen) atoms. The molecule has 10 heteroatoms. The molecule has 0 aromatic heterocycles. The van der Waals surface area contributed by atoms with Crippen LogP contribution in [0.4, 0.5) is 0 Å². The van der Waals surface area contributed by atoms with Crippen LogP contribution in [0, 0.1) is 13.8 Å². The van der Waals surface area contributed by atoms with Crippen LogP contribution in [-0.4, -0.2) is 57.3 Å². The topological polar surface area (TPSA) is 55.4 Å². The van der Waals surface area contributed by atoms with E-state index < -0.39 is 17.6 Å². The van der Waals surface area contributed by atoms with Crippen LogP contribution in [0.3, 0.4) is 0 Å². The summed E-state index contributed by atoms with van der Waals surface area (Å²) in [6.45, 7) is 20.0. The molecule has 0 aliphatic carbocycles. The molecule has 0 saturated heterocycles. The largest absolute Gasteiger partial charge is 0.501 e. The maximum absolute atomic E-state index is 6.12. The molecule has 0 aliphatic rings. The summed E-state index contributed by atoms with van der Waals surface area (Å²) in [5, 5.41) is 0. The highest BCUT2D eigenvalue weighted by Gasteiger charge is 2.41. The van der Waals surface area contributed by atoms with Crippen LogP contribution in [0.5, 0.6) is 0 Å². The number of benzene rings is 2. The Morgan fingerprint density at radius 3 is 1.07 bits per heavy atom. The second-order valence-corrected chi connectivity index (χ2v) is 16.9. The van der Waals surface area contributed by atoms with Gasteiger partial charge < -0.3 is 26.6 Å². The Hall–Kier alpha value is -0.666. The zero-order chi connectivity index (χ0) is 29.4. The third-order valence-corrected chi connectivity index (χ3v) is 15.3. The first-order chi connectivity index (χ1) is 19.3. The second kappa shape index (κ2) is 18.8. The van der Waals surface area contributed by atoms with Gasteiger partial charge in [0.25, 0.3) is 0 Å². The fourth-order valence-corrected chi connectivity index (χ4v) is 12.9. The Balaban J connectivity index is 2.26. The van der Waals surface area contributed by atoms with Crippen molar-refractivity contribution in [2.45, 2.75) is 90.1 Å². The monoisotopic (exact) mass is 626 g/mol. The van der Waals surface area contributed by atoms with Crippen molar-refractivity contribution in [3.63, 3.8) is 0 Å². The molecule has 0 heterocycles. The van der Waals surface area contributed by atoms with Gasteiger partial charge in [0, 0.05) is 61.5 Å². The SMILES string of the molecule is CCO[Si](CCc1cccc(C)c1SSc1c(C)cccc1CC[Si](OCC)(OCC)OCC)(OCC)OCC. The molecule has 6 nitrogen and oxygen atoms in total. The van der Waals surface area contributed by atoms with Crippen molar-refractivity contribution >= 4 is 39.2 Å². The zero-order valence-corrected chi connectivity index (χ0v) is 29.4. The van der Waals surface area contributed by atoms with Crippen molar-refractivity contribution in [1.29, 1.82) is 0 Å². The molecule has 0 fully saturated rings. The minimum Gasteiger partial charge on any atom is -0.374 e. The highest BCUT2D eigenvalue weighted by atomic mass is 33.1. The summed E-state index contributed by atoms with van der Waals surface area (Å²) in [7, 11) is -1.77. The Bertz CT molecular complexity index is 897. The smallest absolute Gasteiger partial charge is 0.374 e. The van der Waals surface area contributed by atoms with Gasteiger partial charge in [-0.05, 0) is 90.5 Å². The first-order valence-corrected chi connectivity index (χ1v) is 20.7. The highest BCUT2D eigenvalue weighted by Crippen LogP contribution is 2.44. The van der Waals surface area contributed by atoms with E-state index in [1.54, 1.807) is 0 Å². The third-order valence-electron chi connectivity index (χ3n) is 6.38. The standard InChI is InChI=1S/C30H50O6S2Si2/c1-9-31-39(32-10-2,33-11-3)23-21-27-19-15-17-25(7)29(27)37-38-30-26(8)18-16-20-28(30)22-24-40(34-12-4,35-13-5)36-14-6/h15-20H,9-14,21-24H2,1-8H3. The number of hydrogen-bond acceptors (Lipinski definition) is 8. The van der Waals surface area contributed by atoms with Gasteiger partial charge in [0.2, 0.25) is 0 Å². The maximum atomic E-state index is 6.12. The van der Waals surface area contributed by atoms with Crippen LogP contribution in [0.15, 0.2) is 46.2 Å². The van der Waals surface area contributed by atoms with Crippen LogP contribution in [0.2, 0.25) is 12.1 Å². The minimum atomic E-state index is -2.72. The summed E-state index contributed by atoms with van der Waals surface area (Å²) in [5.74, 6) is 0. The Morgan fingerprint density at radius 2 is 0.800 bits per heavy atom. The van der Waals surface area contributed by atoms with Gasteiger partial charge in [-0.25, -0.2) is 0 Å². The number of aryl methyl sites for hydroxylation is 4. The van der Waals surface area contributed by atoms with E-state index in [9.17, 15) is 0 Å². The molecule has 226 valence electrons. The van der Waals surface area contributed by atoms with Crippen molar-refractivity contribution < 1.29 is 26.6 Å². The van der Waals surface area contributed by atoms with Gasteiger partial charge >= 0.3 is 17.6 Å². The van der Waals surface area contributed by atoms with Crippen LogP contribution in [0.1, 0.15) is 63.8 Å². The number of rotatable bonds is 21. The molecule has 0 N–H and O–H groups in total. The van der Waals surface area contributed by atoms with Gasteiger partial charge in [-0.15, -0.1) is 0 Å². The summed E-state index contributed by atoms with van der Waals surface area (Å²) >= 11 is 0. The molecule has 2 rings (SSSR count). The third kappa shape index (κ3) is 10.6. The lowest BCUT2D eigenvalue weighted by molar-refractivity contribution is 0.0706. The lowest BCUT2D eigenvalue weighted by Crippen LogP contribution is -2.46. The van der Waals surface area contributed by atoms with E-state index in [0.717, 1.165) is 24.9 Å². The number of hydrogen-bond donors (Lipinski definition) is 0. The molecular weight excluding hydrogens is 577 g/mol. The van der Waals surface area contributed by atoms with E-state index in [-0.39, 0.29) is 0 Å². The molecule has 0 amide bonds. The summed E-state index contributed by atoms with van der Waals surface area (Å²) < 4.78 is 36.7. The normalized spacial score (nSPS) is 12.3. The Labute approximate surface area is 253 Å². The highest BCUT2D eigenvalue weighted by molar-refractivity contribution is 8.76. The van der Waals surface area contributed by atoms with Crippen LogP contribution >= 0.6 is 21.6 Å². The molecule has 0 radical (unpaired) electrons. The van der Waals surface area contributed by atoms with Gasteiger partial charge in [0.1, 0.15) is 0 Å². The summed E-state index contributed by atoms with van der Waals surface area (Å²) in [6, 6.07) is 14.6. The summed E-state index contributed by atoms with van der Waals surface area (Å²) in [6.07, 6.45) is 1.70. The van der Waals surface area contributed by atoms with E-state index >= 15 is 0 Å². The fourth-order valence-electron chi connectivity index (χ4n) is 4.72. The van der Waals surface area contributed by atoms with Crippen molar-refractivity contribution in [3.8, 4) is 0 Å². The average Bonchev–Trinajstić information content (AvgIpc) is 2.92. The van der Waals surface area contributed by atoms with Gasteiger partial charge in [-0.3, -0.25) is 0 Å². The summed E-state index contributed by atoms with van der Waals surface area (Å²) in [5.41, 5.74) is 5.16. The lowest BCUT2D eigenvalue weighted by atomic mass is 10.1. The molecule has 2 aromatic carbocycles. The summed E-state index contributed by atoms with van der Waals surface area (Å²) in [4.78, 5) is 2.60. The second-order valence-electron chi connectivity index (χ2n) is 9.26. The predicted octanol–water partition coefficient (Wildman–Crippen LogP) is 8.28. The molecule has 0 atom stereocenters. The Morgan fingerprint density at radius 1 is 0.500 bits per heavy atom. The molecule has 0 bridgehead atoms. The molecular formula is C30H50O6S2Si2. The van der Waals surface area contributed by atoms with Crippen molar-refractivity contribution in [2.24, 2.45) is 0 Å². The first-order valence-electron chi connectivity index (χ1n) is 14.7. The molecule has 0 unspecified atom stereocenters. The first kappa shape index (κ1) is 35.5. The maximum Gasteiger partial charge on any atom is 0.501 e. The molecule has 0 spiro atoms. The van der Waals surface area contributed by atoms with Gasteiger partial charge in [-0.1, -0.05) is 58.0 Å². The van der Waals surface area contributed by atoms with Crippen LogP contribution in [0.25, 0.3) is 0 Å². The average molecular weight is 627 g/mol. The van der Waals surface area contributed by atoms with Crippen LogP contribution in [-0.2, 0) is 39.4 Å². The van der Waals surface area contributed by atoms with Crippen molar-refractivity contribution in [2.75, 3.05) is 39.6 Å². The molecule has 2 aromatic rings. The van der Waals surface area contributed by atoms with E-state index in [1.807, 2.05) is 63.1 Å². The van der Waals surface area contributed by atoms with Gasteiger partial charge in [0.15, 0.2) is 0 Å². The van der Waals surface area contributed by atoms with E-state index in [0.29, 0.717) is 39.6 Å². The van der Waals surface area contributed by atoms with Crippen LogP contribution < -0.4 is 0 Å². The molecule has 0 aliphatic heterocycles.